The van der Waals surface area contributed by atoms with E-state index in [1.807, 2.05) is 23.7 Å². The number of anilines is 1. The number of hydrogen-bond acceptors (Lipinski definition) is 4. The molecule has 1 amide bonds. The van der Waals surface area contributed by atoms with Crippen molar-refractivity contribution in [1.82, 2.24) is 14.8 Å². The minimum atomic E-state index is -1.10. The average molecular weight is 415 g/mol. The van der Waals surface area contributed by atoms with E-state index in [0.29, 0.717) is 28.4 Å². The van der Waals surface area contributed by atoms with E-state index in [9.17, 15) is 15.2 Å². The molecule has 1 N–H and O–H groups in total. The Kier molecular flexibility index (Phi) is 5.99. The molecule has 1 aromatic carbocycles. The number of amides is 1. The first-order chi connectivity index (χ1) is 15.1. The largest absolute Gasteiger partial charge is 0.465 e. The number of benzene rings is 1. The number of pyridine rings is 1. The molecule has 0 aliphatic heterocycles. The van der Waals surface area contributed by atoms with Crippen molar-refractivity contribution in [3.63, 3.8) is 0 Å². The van der Waals surface area contributed by atoms with Crippen molar-refractivity contribution >= 4 is 11.8 Å². The summed E-state index contributed by atoms with van der Waals surface area (Å²) in [6.45, 7) is 2.71. The number of aromatic nitrogens is 3. The number of hydrogen-bond donors (Lipinski definition) is 1. The minimum Gasteiger partial charge on any atom is -0.465 e. The maximum atomic E-state index is 12.5. The molecule has 2 aromatic heterocycles. The highest BCUT2D eigenvalue weighted by Crippen LogP contribution is 2.35. The van der Waals surface area contributed by atoms with Gasteiger partial charge in [-0.25, -0.2) is 4.79 Å². The van der Waals surface area contributed by atoms with Crippen LogP contribution in [0.1, 0.15) is 54.2 Å². The van der Waals surface area contributed by atoms with Crippen LogP contribution in [0.5, 0.6) is 0 Å². The molecule has 1 aliphatic carbocycles. The molecule has 158 valence electrons. The third kappa shape index (κ3) is 4.29. The van der Waals surface area contributed by atoms with Crippen molar-refractivity contribution in [3.05, 3.63) is 77.4 Å². The van der Waals surface area contributed by atoms with Crippen LogP contribution in [0.25, 0.3) is 0 Å². The van der Waals surface area contributed by atoms with E-state index in [-0.39, 0.29) is 0 Å². The number of carboxylic acid groups (broad SMARTS) is 1. The second kappa shape index (κ2) is 9.00. The molecule has 7 heteroatoms. The van der Waals surface area contributed by atoms with Crippen LogP contribution < -0.4 is 4.90 Å². The zero-order valence-electron chi connectivity index (χ0n) is 17.5. The van der Waals surface area contributed by atoms with Crippen molar-refractivity contribution in [1.29, 1.82) is 5.26 Å². The monoisotopic (exact) mass is 415 g/mol. The minimum absolute atomic E-state index is 0.470. The van der Waals surface area contributed by atoms with Gasteiger partial charge in [0.2, 0.25) is 0 Å². The van der Waals surface area contributed by atoms with Crippen LogP contribution in [-0.4, -0.2) is 26.0 Å². The molecule has 0 saturated heterocycles. The van der Waals surface area contributed by atoms with Gasteiger partial charge in [0.25, 0.3) is 0 Å². The highest BCUT2D eigenvalue weighted by atomic mass is 16.4. The summed E-state index contributed by atoms with van der Waals surface area (Å²) >= 11 is 0. The fourth-order valence-electron chi connectivity index (χ4n) is 4.42. The normalized spacial score (nSPS) is 14.8. The Morgan fingerprint density at radius 1 is 1.29 bits per heavy atom. The van der Waals surface area contributed by atoms with Gasteiger partial charge in [0.05, 0.1) is 34.9 Å². The highest BCUT2D eigenvalue weighted by molar-refractivity contribution is 5.88. The Morgan fingerprint density at radius 3 is 2.77 bits per heavy atom. The lowest BCUT2D eigenvalue weighted by Crippen LogP contribution is -2.35. The van der Waals surface area contributed by atoms with E-state index in [4.69, 9.17) is 0 Å². The first-order valence-electron chi connectivity index (χ1n) is 10.5. The molecular formula is C24H25N5O2. The average Bonchev–Trinajstić information content (AvgIpc) is 3.43. The van der Waals surface area contributed by atoms with Crippen LogP contribution in [0.15, 0.2) is 54.9 Å². The Bertz CT molecular complexity index is 1100. The lowest BCUT2D eigenvalue weighted by molar-refractivity contribution is 0.200. The molecule has 0 spiro atoms. The SMILES string of the molecule is Cc1c(N(C(=O)O)C(c2cccc(C#N)c2)c2ccccn2)cnn1CC1CCCC1. The topological polar surface area (TPSA) is 95.0 Å². The molecular weight excluding hydrogens is 390 g/mol. The second-order valence-corrected chi connectivity index (χ2v) is 7.99. The Balaban J connectivity index is 1.79. The number of nitrogens with zero attached hydrogens (tertiary/aromatic N) is 5. The molecule has 0 radical (unpaired) electrons. The van der Waals surface area contributed by atoms with Crippen LogP contribution >= 0.6 is 0 Å². The standard InChI is InChI=1S/C24H25N5O2/c1-17-22(15-27-28(17)16-18-7-2-3-8-18)29(24(30)31)23(21-11-4-5-12-26-21)20-10-6-9-19(13-20)14-25/h4-6,9-13,15,18,23H,2-3,7-8,16H2,1H3,(H,30,31). The molecule has 7 nitrogen and oxygen atoms in total. The molecule has 3 aromatic rings. The van der Waals surface area contributed by atoms with Gasteiger partial charge < -0.3 is 5.11 Å². The molecule has 1 atom stereocenters. The van der Waals surface area contributed by atoms with Crippen molar-refractivity contribution in [2.45, 2.75) is 45.2 Å². The van der Waals surface area contributed by atoms with Crippen LogP contribution in [0, 0.1) is 24.2 Å². The van der Waals surface area contributed by atoms with E-state index >= 15 is 0 Å². The van der Waals surface area contributed by atoms with Gasteiger partial charge in [0.1, 0.15) is 6.04 Å². The number of rotatable bonds is 6. The number of nitriles is 1. The molecule has 2 heterocycles. The third-order valence-corrected chi connectivity index (χ3v) is 6.01. The van der Waals surface area contributed by atoms with Gasteiger partial charge in [0, 0.05) is 12.7 Å². The number of carbonyl (C=O) groups is 1. The highest BCUT2D eigenvalue weighted by Gasteiger charge is 2.32. The summed E-state index contributed by atoms with van der Waals surface area (Å²) in [6.07, 6.45) is 7.05. The van der Waals surface area contributed by atoms with E-state index in [1.54, 1.807) is 42.7 Å². The van der Waals surface area contributed by atoms with E-state index in [2.05, 4.69) is 16.2 Å². The first-order valence-corrected chi connectivity index (χ1v) is 10.5. The molecule has 1 saturated carbocycles. The Hall–Kier alpha value is -3.66. The van der Waals surface area contributed by atoms with Crippen LogP contribution in [0.3, 0.4) is 0 Å². The predicted molar refractivity (Wildman–Crippen MR) is 117 cm³/mol. The Morgan fingerprint density at radius 2 is 2.10 bits per heavy atom. The summed E-state index contributed by atoms with van der Waals surface area (Å²) in [5.41, 5.74) is 3.08. The third-order valence-electron chi connectivity index (χ3n) is 6.01. The second-order valence-electron chi connectivity index (χ2n) is 7.99. The summed E-state index contributed by atoms with van der Waals surface area (Å²) in [4.78, 5) is 18.3. The summed E-state index contributed by atoms with van der Waals surface area (Å²) < 4.78 is 1.92. The smallest absolute Gasteiger partial charge is 0.412 e. The maximum Gasteiger partial charge on any atom is 0.412 e. The quantitative estimate of drug-likeness (QED) is 0.616. The fraction of sp³-hybridized carbons (Fsp3) is 0.333. The molecule has 1 unspecified atom stereocenters. The van der Waals surface area contributed by atoms with E-state index in [0.717, 1.165) is 12.2 Å². The summed E-state index contributed by atoms with van der Waals surface area (Å²) in [5, 5.41) is 24.1. The zero-order valence-corrected chi connectivity index (χ0v) is 17.5. The van der Waals surface area contributed by atoms with Crippen molar-refractivity contribution in [3.8, 4) is 6.07 Å². The van der Waals surface area contributed by atoms with Gasteiger partial charge in [-0.1, -0.05) is 31.0 Å². The molecule has 4 rings (SSSR count). The van der Waals surface area contributed by atoms with Crippen molar-refractivity contribution in [2.24, 2.45) is 5.92 Å². The molecule has 31 heavy (non-hydrogen) atoms. The van der Waals surface area contributed by atoms with Crippen molar-refractivity contribution < 1.29 is 9.90 Å². The predicted octanol–water partition coefficient (Wildman–Crippen LogP) is 4.92. The van der Waals surface area contributed by atoms with Gasteiger partial charge >= 0.3 is 6.09 Å². The molecule has 1 fully saturated rings. The van der Waals surface area contributed by atoms with Crippen LogP contribution in [0.2, 0.25) is 0 Å². The van der Waals surface area contributed by atoms with Gasteiger partial charge in [0.15, 0.2) is 0 Å². The Labute approximate surface area is 181 Å². The lowest BCUT2D eigenvalue weighted by Gasteiger charge is -2.29. The fourth-order valence-corrected chi connectivity index (χ4v) is 4.42. The first kappa shape index (κ1) is 20.6. The van der Waals surface area contributed by atoms with Crippen LogP contribution in [-0.2, 0) is 6.54 Å². The van der Waals surface area contributed by atoms with Crippen LogP contribution in [0.4, 0.5) is 10.5 Å². The summed E-state index contributed by atoms with van der Waals surface area (Å²) in [5.74, 6) is 0.587. The summed E-state index contributed by atoms with van der Waals surface area (Å²) in [6, 6.07) is 13.9. The zero-order chi connectivity index (χ0) is 21.8. The summed E-state index contributed by atoms with van der Waals surface area (Å²) in [7, 11) is 0. The van der Waals surface area contributed by atoms with E-state index in [1.165, 1.54) is 30.6 Å². The molecule has 0 bridgehead atoms. The van der Waals surface area contributed by atoms with Crippen molar-refractivity contribution in [2.75, 3.05) is 4.90 Å². The van der Waals surface area contributed by atoms with Gasteiger partial charge in [-0.3, -0.25) is 14.6 Å². The van der Waals surface area contributed by atoms with Gasteiger partial charge in [-0.15, -0.1) is 0 Å². The van der Waals surface area contributed by atoms with E-state index < -0.39 is 12.1 Å². The molecule has 1 aliphatic rings. The van der Waals surface area contributed by atoms with Gasteiger partial charge in [-0.05, 0) is 55.5 Å². The lowest BCUT2D eigenvalue weighted by atomic mass is 9.99. The maximum absolute atomic E-state index is 12.5. The van der Waals surface area contributed by atoms with Gasteiger partial charge in [-0.2, -0.15) is 10.4 Å².